The fourth-order valence-electron chi connectivity index (χ4n) is 2.77. The number of likely N-dealkylation sites (N-methyl/N-ethyl adjacent to an activating group) is 1. The summed E-state index contributed by atoms with van der Waals surface area (Å²) in [7, 11) is 4.18. The highest BCUT2D eigenvalue weighted by Crippen LogP contribution is 2.30. The third-order valence-corrected chi connectivity index (χ3v) is 5.28. The predicted octanol–water partition coefficient (Wildman–Crippen LogP) is 3.06. The van der Waals surface area contributed by atoms with Crippen molar-refractivity contribution in [3.63, 3.8) is 0 Å². The smallest absolute Gasteiger partial charge is 0.265 e. The van der Waals surface area contributed by atoms with Gasteiger partial charge in [-0.3, -0.25) is 4.79 Å². The van der Waals surface area contributed by atoms with Crippen LogP contribution in [0.25, 0.3) is 0 Å². The van der Waals surface area contributed by atoms with E-state index in [1.807, 2.05) is 10.3 Å². The van der Waals surface area contributed by atoms with E-state index in [2.05, 4.69) is 32.8 Å². The first-order chi connectivity index (χ1) is 8.91. The first kappa shape index (κ1) is 14.8. The van der Waals surface area contributed by atoms with Crippen molar-refractivity contribution < 1.29 is 4.79 Å². The maximum atomic E-state index is 12.5. The van der Waals surface area contributed by atoms with Gasteiger partial charge in [0.2, 0.25) is 0 Å². The SMILES string of the molecule is CC(C)[C@@H]1CN(C(=O)c2sccc2Cl)C[C@H]1N(C)C. The zero-order valence-electron chi connectivity index (χ0n) is 11.9. The van der Waals surface area contributed by atoms with Gasteiger partial charge >= 0.3 is 0 Å². The third-order valence-electron chi connectivity index (χ3n) is 3.95. The summed E-state index contributed by atoms with van der Waals surface area (Å²) in [5, 5.41) is 2.44. The standard InChI is InChI=1S/C14H21ClN2OS/c1-9(2)10-7-17(8-12(10)16(3)4)14(18)13-11(15)5-6-19-13/h5-6,9-10,12H,7-8H2,1-4H3/t10-,12+/m0/s1. The average Bonchev–Trinajstić information content (AvgIpc) is 2.93. The van der Waals surface area contributed by atoms with Crippen LogP contribution in [0.4, 0.5) is 0 Å². The Balaban J connectivity index is 2.15. The van der Waals surface area contributed by atoms with E-state index in [1.165, 1.54) is 11.3 Å². The molecule has 3 nitrogen and oxygen atoms in total. The molecular weight excluding hydrogens is 280 g/mol. The Bertz CT molecular complexity index is 442. The number of hydrogen-bond donors (Lipinski definition) is 0. The molecule has 0 radical (unpaired) electrons. The highest BCUT2D eigenvalue weighted by molar-refractivity contribution is 7.12. The molecule has 0 aliphatic carbocycles. The van der Waals surface area contributed by atoms with Crippen molar-refractivity contribution in [2.75, 3.05) is 27.2 Å². The lowest BCUT2D eigenvalue weighted by molar-refractivity contribution is 0.0785. The number of carbonyl (C=O) groups is 1. The van der Waals surface area contributed by atoms with Crippen molar-refractivity contribution in [3.8, 4) is 0 Å². The van der Waals surface area contributed by atoms with Gasteiger partial charge in [0.15, 0.2) is 0 Å². The summed E-state index contributed by atoms with van der Waals surface area (Å²) in [5.74, 6) is 1.18. The number of nitrogens with zero attached hydrogens (tertiary/aromatic N) is 2. The van der Waals surface area contributed by atoms with Crippen LogP contribution in [0.2, 0.25) is 5.02 Å². The first-order valence-corrected chi connectivity index (χ1v) is 7.86. The van der Waals surface area contributed by atoms with Crippen molar-refractivity contribution in [1.82, 2.24) is 9.80 Å². The lowest BCUT2D eigenvalue weighted by Gasteiger charge is -2.27. The average molecular weight is 301 g/mol. The van der Waals surface area contributed by atoms with Gasteiger partial charge in [-0.05, 0) is 37.4 Å². The summed E-state index contributed by atoms with van der Waals surface area (Å²) in [5.41, 5.74) is 0. The molecule has 19 heavy (non-hydrogen) atoms. The molecule has 0 unspecified atom stereocenters. The molecule has 2 rings (SSSR count). The largest absolute Gasteiger partial charge is 0.336 e. The summed E-state index contributed by atoms with van der Waals surface area (Å²) in [6.07, 6.45) is 0. The van der Waals surface area contributed by atoms with Gasteiger partial charge in [0.05, 0.1) is 5.02 Å². The van der Waals surface area contributed by atoms with E-state index in [9.17, 15) is 4.79 Å². The minimum atomic E-state index is 0.0787. The van der Waals surface area contributed by atoms with Crippen LogP contribution in [0.1, 0.15) is 23.5 Å². The quantitative estimate of drug-likeness (QED) is 0.856. The minimum absolute atomic E-state index is 0.0787. The minimum Gasteiger partial charge on any atom is -0.336 e. The molecule has 1 aliphatic rings. The van der Waals surface area contributed by atoms with E-state index in [1.54, 1.807) is 6.07 Å². The third kappa shape index (κ3) is 2.96. The second-order valence-electron chi connectivity index (χ2n) is 5.75. The molecule has 0 spiro atoms. The first-order valence-electron chi connectivity index (χ1n) is 6.60. The van der Waals surface area contributed by atoms with Crippen molar-refractivity contribution in [1.29, 1.82) is 0 Å². The van der Waals surface area contributed by atoms with Crippen molar-refractivity contribution >= 4 is 28.8 Å². The summed E-state index contributed by atoms with van der Waals surface area (Å²) in [4.78, 5) is 17.4. The zero-order valence-corrected chi connectivity index (χ0v) is 13.5. The van der Waals surface area contributed by atoms with Crippen LogP contribution in [-0.2, 0) is 0 Å². The molecule has 2 atom stereocenters. The Morgan fingerprint density at radius 2 is 2.16 bits per heavy atom. The van der Waals surface area contributed by atoms with Crippen molar-refractivity contribution in [2.24, 2.45) is 11.8 Å². The van der Waals surface area contributed by atoms with Crippen molar-refractivity contribution in [2.45, 2.75) is 19.9 Å². The van der Waals surface area contributed by atoms with Gasteiger partial charge in [0.1, 0.15) is 4.88 Å². The number of hydrogen-bond acceptors (Lipinski definition) is 3. The lowest BCUT2D eigenvalue weighted by Crippen LogP contribution is -2.37. The van der Waals surface area contributed by atoms with E-state index in [-0.39, 0.29) is 5.91 Å². The highest BCUT2D eigenvalue weighted by Gasteiger charge is 2.38. The molecular formula is C14H21ClN2OS. The maximum absolute atomic E-state index is 12.5. The predicted molar refractivity (Wildman–Crippen MR) is 81.0 cm³/mol. The maximum Gasteiger partial charge on any atom is 0.265 e. The molecule has 1 aliphatic heterocycles. The van der Waals surface area contributed by atoms with E-state index < -0.39 is 0 Å². The van der Waals surface area contributed by atoms with Crippen molar-refractivity contribution in [3.05, 3.63) is 21.3 Å². The summed E-state index contributed by atoms with van der Waals surface area (Å²) < 4.78 is 0. The summed E-state index contributed by atoms with van der Waals surface area (Å²) in [6.45, 7) is 6.08. The van der Waals surface area contributed by atoms with Crippen LogP contribution in [0.5, 0.6) is 0 Å². The number of thiophene rings is 1. The molecule has 0 aromatic carbocycles. The second-order valence-corrected chi connectivity index (χ2v) is 7.07. The van der Waals surface area contributed by atoms with Gasteiger partial charge in [0, 0.05) is 19.1 Å². The molecule has 1 aromatic rings. The molecule has 1 saturated heterocycles. The van der Waals surface area contributed by atoms with Crippen LogP contribution in [0, 0.1) is 11.8 Å². The second kappa shape index (κ2) is 5.81. The topological polar surface area (TPSA) is 23.6 Å². The Morgan fingerprint density at radius 1 is 1.47 bits per heavy atom. The molecule has 0 N–H and O–H groups in total. The Kier molecular flexibility index (Phi) is 4.54. The van der Waals surface area contributed by atoms with Crippen LogP contribution < -0.4 is 0 Å². The molecule has 0 saturated carbocycles. The van der Waals surface area contributed by atoms with Gasteiger partial charge in [0.25, 0.3) is 5.91 Å². The number of rotatable bonds is 3. The number of halogens is 1. The lowest BCUT2D eigenvalue weighted by atomic mass is 9.91. The summed E-state index contributed by atoms with van der Waals surface area (Å²) >= 11 is 7.49. The summed E-state index contributed by atoms with van der Waals surface area (Å²) in [6, 6.07) is 2.22. The normalized spacial score (nSPS) is 23.6. The molecule has 0 bridgehead atoms. The molecule has 5 heteroatoms. The zero-order chi connectivity index (χ0) is 14.2. The molecule has 1 fully saturated rings. The number of likely N-dealkylation sites (tertiary alicyclic amines) is 1. The van der Waals surface area contributed by atoms with Gasteiger partial charge in [-0.2, -0.15) is 0 Å². The molecule has 1 amide bonds. The number of carbonyl (C=O) groups excluding carboxylic acids is 1. The van der Waals surface area contributed by atoms with E-state index in [0.717, 1.165) is 13.1 Å². The van der Waals surface area contributed by atoms with Crippen LogP contribution in [0.15, 0.2) is 11.4 Å². The fraction of sp³-hybridized carbons (Fsp3) is 0.643. The number of amides is 1. The Labute approximate surface area is 124 Å². The van der Waals surface area contributed by atoms with Gasteiger partial charge in [-0.25, -0.2) is 0 Å². The monoisotopic (exact) mass is 300 g/mol. The van der Waals surface area contributed by atoms with E-state index in [0.29, 0.717) is 27.8 Å². The fourth-order valence-corrected chi connectivity index (χ4v) is 3.87. The van der Waals surface area contributed by atoms with Crippen LogP contribution in [0.3, 0.4) is 0 Å². The molecule has 106 valence electrons. The highest BCUT2D eigenvalue weighted by atomic mass is 35.5. The van der Waals surface area contributed by atoms with Crippen LogP contribution in [-0.4, -0.2) is 48.9 Å². The van der Waals surface area contributed by atoms with Gasteiger partial charge in [-0.15, -0.1) is 11.3 Å². The van der Waals surface area contributed by atoms with E-state index in [4.69, 9.17) is 11.6 Å². The molecule has 1 aromatic heterocycles. The van der Waals surface area contributed by atoms with Crippen LogP contribution >= 0.6 is 22.9 Å². The molecule has 2 heterocycles. The van der Waals surface area contributed by atoms with Gasteiger partial charge < -0.3 is 9.80 Å². The van der Waals surface area contributed by atoms with E-state index >= 15 is 0 Å². The Hall–Kier alpha value is -0.580. The Morgan fingerprint density at radius 3 is 2.58 bits per heavy atom. The van der Waals surface area contributed by atoms with Gasteiger partial charge in [-0.1, -0.05) is 25.4 Å².